The Kier molecular flexibility index (Phi) is 2.84. The van der Waals surface area contributed by atoms with E-state index in [0.29, 0.717) is 17.3 Å². The van der Waals surface area contributed by atoms with E-state index in [4.69, 9.17) is 11.3 Å². The third kappa shape index (κ3) is 2.18. The molecule has 2 rings (SSSR count). The molecule has 1 aromatic carbocycles. The van der Waals surface area contributed by atoms with Crippen molar-refractivity contribution < 1.29 is 4.74 Å². The molecule has 0 saturated carbocycles. The fourth-order valence-electron chi connectivity index (χ4n) is 1.31. The van der Waals surface area contributed by atoms with Crippen LogP contribution < -0.4 is 4.74 Å². The van der Waals surface area contributed by atoms with E-state index < -0.39 is 0 Å². The molecule has 0 atom stereocenters. The van der Waals surface area contributed by atoms with Crippen molar-refractivity contribution in [3.8, 4) is 11.6 Å². The quantitative estimate of drug-likeness (QED) is 0.706. The lowest BCUT2D eigenvalue weighted by molar-refractivity contribution is 0.462. The summed E-state index contributed by atoms with van der Waals surface area (Å²) < 4.78 is 5.54. The summed E-state index contributed by atoms with van der Waals surface area (Å²) in [5.74, 6) is 1.25. The molecule has 0 amide bonds. The molecule has 3 nitrogen and oxygen atoms in total. The number of rotatable bonds is 2. The number of ether oxygens (including phenoxy) is 1. The van der Waals surface area contributed by atoms with Crippen LogP contribution in [0.15, 0.2) is 42.5 Å². The van der Waals surface area contributed by atoms with Gasteiger partial charge in [0.15, 0.2) is 0 Å². The van der Waals surface area contributed by atoms with E-state index in [1.165, 1.54) is 0 Å². The first-order chi connectivity index (χ1) is 7.79. The standard InChI is InChI=1S/C13H10N2O/c1-10-12(14-2)8-9-13(15-10)16-11-6-4-3-5-7-11/h3-9H,1H3. The highest BCUT2D eigenvalue weighted by Crippen LogP contribution is 2.23. The van der Waals surface area contributed by atoms with Crippen molar-refractivity contribution in [1.29, 1.82) is 0 Å². The second kappa shape index (κ2) is 4.45. The van der Waals surface area contributed by atoms with E-state index in [1.54, 1.807) is 19.1 Å². The van der Waals surface area contributed by atoms with Gasteiger partial charge in [-0.1, -0.05) is 18.2 Å². The SMILES string of the molecule is [C-]#[N+]c1ccc(Oc2ccccc2)nc1C. The van der Waals surface area contributed by atoms with E-state index in [9.17, 15) is 0 Å². The average molecular weight is 210 g/mol. The Bertz CT molecular complexity index is 529. The number of hydrogen-bond donors (Lipinski definition) is 0. The van der Waals surface area contributed by atoms with Crippen LogP contribution in [0.2, 0.25) is 0 Å². The van der Waals surface area contributed by atoms with Gasteiger partial charge in [0, 0.05) is 5.69 Å². The van der Waals surface area contributed by atoms with Gasteiger partial charge >= 0.3 is 0 Å². The van der Waals surface area contributed by atoms with Crippen molar-refractivity contribution in [3.05, 3.63) is 59.6 Å². The van der Waals surface area contributed by atoms with Gasteiger partial charge in [-0.05, 0) is 31.2 Å². The third-order valence-electron chi connectivity index (χ3n) is 2.12. The summed E-state index contributed by atoms with van der Waals surface area (Å²) in [5, 5.41) is 0. The Labute approximate surface area is 94.2 Å². The summed E-state index contributed by atoms with van der Waals surface area (Å²) in [4.78, 5) is 7.55. The van der Waals surface area contributed by atoms with E-state index >= 15 is 0 Å². The summed E-state index contributed by atoms with van der Waals surface area (Å²) in [7, 11) is 0. The Morgan fingerprint density at radius 3 is 2.50 bits per heavy atom. The summed E-state index contributed by atoms with van der Waals surface area (Å²) >= 11 is 0. The topological polar surface area (TPSA) is 26.5 Å². The normalized spacial score (nSPS) is 9.50. The molecule has 0 unspecified atom stereocenters. The molecule has 0 bridgehead atoms. The van der Waals surface area contributed by atoms with Crippen molar-refractivity contribution in [1.82, 2.24) is 4.98 Å². The Morgan fingerprint density at radius 2 is 1.88 bits per heavy atom. The zero-order valence-electron chi connectivity index (χ0n) is 8.84. The highest BCUT2D eigenvalue weighted by Gasteiger charge is 2.02. The molecule has 78 valence electrons. The van der Waals surface area contributed by atoms with Crippen molar-refractivity contribution in [2.45, 2.75) is 6.92 Å². The van der Waals surface area contributed by atoms with Crippen LogP contribution >= 0.6 is 0 Å². The number of para-hydroxylation sites is 1. The van der Waals surface area contributed by atoms with Crippen molar-refractivity contribution in [2.24, 2.45) is 0 Å². The number of pyridine rings is 1. The first-order valence-electron chi connectivity index (χ1n) is 4.87. The van der Waals surface area contributed by atoms with Crippen molar-refractivity contribution in [3.63, 3.8) is 0 Å². The second-order valence-electron chi connectivity index (χ2n) is 3.28. The molecule has 0 aliphatic heterocycles. The van der Waals surface area contributed by atoms with Gasteiger partial charge in [0.2, 0.25) is 11.6 Å². The lowest BCUT2D eigenvalue weighted by Gasteiger charge is -2.05. The molecule has 0 N–H and O–H groups in total. The van der Waals surface area contributed by atoms with Crippen LogP contribution in [-0.2, 0) is 0 Å². The predicted octanol–water partition coefficient (Wildman–Crippen LogP) is 3.73. The van der Waals surface area contributed by atoms with Gasteiger partial charge < -0.3 is 4.74 Å². The molecule has 0 saturated heterocycles. The smallest absolute Gasteiger partial charge is 0.216 e. The maximum Gasteiger partial charge on any atom is 0.216 e. The minimum absolute atomic E-state index is 0.510. The number of nitrogens with zero attached hydrogens (tertiary/aromatic N) is 2. The summed E-state index contributed by atoms with van der Waals surface area (Å²) in [6, 6.07) is 12.9. The Balaban J connectivity index is 2.24. The largest absolute Gasteiger partial charge is 0.439 e. The first-order valence-corrected chi connectivity index (χ1v) is 4.87. The minimum Gasteiger partial charge on any atom is -0.439 e. The van der Waals surface area contributed by atoms with Crippen LogP contribution in [0.4, 0.5) is 5.69 Å². The summed E-state index contributed by atoms with van der Waals surface area (Å²) in [5.41, 5.74) is 1.24. The zero-order chi connectivity index (χ0) is 11.4. The lowest BCUT2D eigenvalue weighted by Crippen LogP contribution is -1.89. The zero-order valence-corrected chi connectivity index (χ0v) is 8.84. The molecule has 3 heteroatoms. The van der Waals surface area contributed by atoms with Crippen LogP contribution in [0.3, 0.4) is 0 Å². The predicted molar refractivity (Wildman–Crippen MR) is 61.8 cm³/mol. The number of aryl methyl sites for hydroxylation is 1. The van der Waals surface area contributed by atoms with Gasteiger partial charge in [0.05, 0.1) is 6.57 Å². The number of aromatic nitrogens is 1. The molecule has 0 spiro atoms. The van der Waals surface area contributed by atoms with Gasteiger partial charge in [-0.2, -0.15) is 0 Å². The number of benzene rings is 1. The molecule has 0 radical (unpaired) electrons. The molecule has 1 heterocycles. The van der Waals surface area contributed by atoms with Crippen molar-refractivity contribution >= 4 is 5.69 Å². The van der Waals surface area contributed by atoms with Crippen molar-refractivity contribution in [2.75, 3.05) is 0 Å². The van der Waals surface area contributed by atoms with Crippen LogP contribution in [0, 0.1) is 13.5 Å². The molecule has 0 aliphatic carbocycles. The Hall–Kier alpha value is -2.34. The summed E-state index contributed by atoms with van der Waals surface area (Å²) in [6.07, 6.45) is 0. The molecule has 1 aromatic heterocycles. The van der Waals surface area contributed by atoms with E-state index in [0.717, 1.165) is 5.75 Å². The molecule has 2 aromatic rings. The fraction of sp³-hybridized carbons (Fsp3) is 0.0769. The molecule has 16 heavy (non-hydrogen) atoms. The van der Waals surface area contributed by atoms with E-state index in [-0.39, 0.29) is 0 Å². The fourth-order valence-corrected chi connectivity index (χ4v) is 1.31. The van der Waals surface area contributed by atoms with Gasteiger partial charge in [-0.15, -0.1) is 0 Å². The molecule has 0 aliphatic rings. The monoisotopic (exact) mass is 210 g/mol. The van der Waals surface area contributed by atoms with Gasteiger partial charge in [-0.25, -0.2) is 9.83 Å². The van der Waals surface area contributed by atoms with Crippen LogP contribution in [0.5, 0.6) is 11.6 Å². The van der Waals surface area contributed by atoms with Crippen LogP contribution in [0.1, 0.15) is 5.69 Å². The molecular weight excluding hydrogens is 200 g/mol. The highest BCUT2D eigenvalue weighted by molar-refractivity contribution is 5.49. The first kappa shape index (κ1) is 10.2. The maximum absolute atomic E-state index is 6.92. The lowest BCUT2D eigenvalue weighted by atomic mass is 10.3. The molecular formula is C13H10N2O. The second-order valence-corrected chi connectivity index (χ2v) is 3.28. The third-order valence-corrected chi connectivity index (χ3v) is 2.12. The van der Waals surface area contributed by atoms with Gasteiger partial charge in [0.25, 0.3) is 0 Å². The average Bonchev–Trinajstić information content (AvgIpc) is 2.31. The van der Waals surface area contributed by atoms with Crippen LogP contribution in [0.25, 0.3) is 4.85 Å². The van der Waals surface area contributed by atoms with Gasteiger partial charge in [-0.3, -0.25) is 0 Å². The summed E-state index contributed by atoms with van der Waals surface area (Å²) in [6.45, 7) is 8.72. The number of hydrogen-bond acceptors (Lipinski definition) is 2. The van der Waals surface area contributed by atoms with E-state index in [2.05, 4.69) is 9.83 Å². The van der Waals surface area contributed by atoms with Gasteiger partial charge in [0.1, 0.15) is 5.75 Å². The van der Waals surface area contributed by atoms with Crippen LogP contribution in [-0.4, -0.2) is 4.98 Å². The minimum atomic E-state index is 0.510. The maximum atomic E-state index is 6.92. The Morgan fingerprint density at radius 1 is 1.12 bits per heavy atom. The highest BCUT2D eigenvalue weighted by atomic mass is 16.5. The van der Waals surface area contributed by atoms with E-state index in [1.807, 2.05) is 30.3 Å². The molecule has 0 fully saturated rings.